The highest BCUT2D eigenvalue weighted by Gasteiger charge is 2.10. The van der Waals surface area contributed by atoms with Crippen LogP contribution in [-0.2, 0) is 14.3 Å². The number of carbonyl (C=O) groups excluding carboxylic acids is 2. The maximum atomic E-state index is 11.8. The summed E-state index contributed by atoms with van der Waals surface area (Å²) in [4.78, 5) is 24.3. The van der Waals surface area contributed by atoms with Gasteiger partial charge in [-0.25, -0.2) is 0 Å². The molecule has 4 nitrogen and oxygen atoms in total. The fourth-order valence-corrected chi connectivity index (χ4v) is 1.58. The lowest BCUT2D eigenvalue weighted by Crippen LogP contribution is -2.31. The maximum Gasteiger partial charge on any atom is 0.325 e. The Balaban J connectivity index is 2.59. The van der Waals surface area contributed by atoms with Gasteiger partial charge in [0.2, 0.25) is 5.91 Å². The third-order valence-electron chi connectivity index (χ3n) is 2.36. The molecular weight excluding hydrogens is 266 g/mol. The highest BCUT2D eigenvalue weighted by atomic mass is 35.5. The van der Waals surface area contributed by atoms with Gasteiger partial charge in [-0.15, -0.1) is 0 Å². The van der Waals surface area contributed by atoms with Crippen LogP contribution in [0.4, 0.5) is 0 Å². The van der Waals surface area contributed by atoms with Gasteiger partial charge in [0.05, 0.1) is 6.61 Å². The van der Waals surface area contributed by atoms with Crippen molar-refractivity contribution in [1.82, 2.24) is 4.90 Å². The third kappa shape index (κ3) is 5.14. The minimum absolute atomic E-state index is 0.0699. The maximum absolute atomic E-state index is 11.8. The summed E-state index contributed by atoms with van der Waals surface area (Å²) in [6.45, 7) is 1.95. The minimum atomic E-state index is -0.426. The van der Waals surface area contributed by atoms with Crippen molar-refractivity contribution in [2.24, 2.45) is 0 Å². The molecule has 1 rings (SSSR count). The van der Waals surface area contributed by atoms with E-state index in [4.69, 9.17) is 16.3 Å². The molecule has 5 heteroatoms. The monoisotopic (exact) mass is 281 g/mol. The number of amides is 1. The second kappa shape index (κ2) is 7.59. The van der Waals surface area contributed by atoms with Crippen LogP contribution in [0.3, 0.4) is 0 Å². The van der Waals surface area contributed by atoms with Crippen molar-refractivity contribution in [3.05, 3.63) is 40.9 Å². The predicted molar refractivity (Wildman–Crippen MR) is 74.8 cm³/mol. The first-order valence-corrected chi connectivity index (χ1v) is 6.25. The van der Waals surface area contributed by atoms with Gasteiger partial charge < -0.3 is 9.64 Å². The van der Waals surface area contributed by atoms with Gasteiger partial charge in [0.25, 0.3) is 0 Å². The highest BCUT2D eigenvalue weighted by Crippen LogP contribution is 2.16. The lowest BCUT2D eigenvalue weighted by Gasteiger charge is -2.13. The molecule has 1 aromatic rings. The largest absolute Gasteiger partial charge is 0.465 e. The molecule has 0 heterocycles. The summed E-state index contributed by atoms with van der Waals surface area (Å²) in [6.07, 6.45) is 2.99. The Bertz CT molecular complexity index is 485. The molecule has 1 amide bonds. The van der Waals surface area contributed by atoms with E-state index in [9.17, 15) is 9.59 Å². The van der Waals surface area contributed by atoms with Crippen LogP contribution in [0, 0.1) is 0 Å². The summed E-state index contributed by atoms with van der Waals surface area (Å²) in [5, 5.41) is 0.569. The molecule has 0 unspecified atom stereocenters. The molecule has 0 bridgehead atoms. The van der Waals surface area contributed by atoms with Gasteiger partial charge in [0.15, 0.2) is 0 Å². The van der Waals surface area contributed by atoms with Gasteiger partial charge in [0.1, 0.15) is 6.54 Å². The number of halogens is 1. The number of hydrogen-bond donors (Lipinski definition) is 0. The van der Waals surface area contributed by atoms with E-state index in [1.54, 1.807) is 25.1 Å². The summed E-state index contributed by atoms with van der Waals surface area (Å²) in [6, 6.07) is 7.19. The second-order valence-corrected chi connectivity index (χ2v) is 4.26. The first-order chi connectivity index (χ1) is 9.04. The molecule has 0 aliphatic rings. The van der Waals surface area contributed by atoms with Crippen molar-refractivity contribution in [2.45, 2.75) is 6.92 Å². The molecule has 0 saturated carbocycles. The smallest absolute Gasteiger partial charge is 0.325 e. The fourth-order valence-electron chi connectivity index (χ4n) is 1.38. The number of rotatable bonds is 5. The van der Waals surface area contributed by atoms with E-state index in [2.05, 4.69) is 0 Å². The Morgan fingerprint density at radius 2 is 2.05 bits per heavy atom. The Labute approximate surface area is 117 Å². The molecule has 0 radical (unpaired) electrons. The number of hydrogen-bond acceptors (Lipinski definition) is 3. The summed E-state index contributed by atoms with van der Waals surface area (Å²) < 4.78 is 4.77. The average molecular weight is 282 g/mol. The average Bonchev–Trinajstić information content (AvgIpc) is 2.37. The van der Waals surface area contributed by atoms with Crippen molar-refractivity contribution < 1.29 is 14.3 Å². The number of ether oxygens (including phenoxy) is 1. The van der Waals surface area contributed by atoms with Crippen LogP contribution in [-0.4, -0.2) is 37.0 Å². The number of likely N-dealkylation sites (N-methyl/N-ethyl adjacent to an activating group) is 1. The standard InChI is InChI=1S/C14H16ClNO3/c1-3-19-14(18)10-16(2)13(17)9-8-11-6-4-5-7-12(11)15/h4-9H,3,10H2,1-2H3/b9-8+. The predicted octanol–water partition coefficient (Wildman–Crippen LogP) is 2.37. The lowest BCUT2D eigenvalue weighted by molar-refractivity contribution is -0.146. The molecule has 0 aliphatic carbocycles. The van der Waals surface area contributed by atoms with E-state index < -0.39 is 5.97 Å². The molecule has 0 aromatic heterocycles. The van der Waals surface area contributed by atoms with E-state index in [1.807, 2.05) is 12.1 Å². The van der Waals surface area contributed by atoms with Crippen molar-refractivity contribution in [2.75, 3.05) is 20.2 Å². The van der Waals surface area contributed by atoms with Gasteiger partial charge >= 0.3 is 5.97 Å². The molecule has 0 atom stereocenters. The molecule has 0 fully saturated rings. The van der Waals surface area contributed by atoms with E-state index in [1.165, 1.54) is 18.0 Å². The normalized spacial score (nSPS) is 10.5. The molecule has 0 aliphatic heterocycles. The summed E-state index contributed by atoms with van der Waals surface area (Å²) in [5.74, 6) is -0.711. The van der Waals surface area contributed by atoms with E-state index >= 15 is 0 Å². The van der Waals surface area contributed by atoms with Crippen LogP contribution < -0.4 is 0 Å². The number of esters is 1. The number of benzene rings is 1. The van der Waals surface area contributed by atoms with Crippen molar-refractivity contribution in [3.8, 4) is 0 Å². The molecule has 19 heavy (non-hydrogen) atoms. The van der Waals surface area contributed by atoms with Crippen molar-refractivity contribution in [1.29, 1.82) is 0 Å². The number of carbonyl (C=O) groups is 2. The van der Waals surface area contributed by atoms with Crippen LogP contribution in [0.15, 0.2) is 30.3 Å². The van der Waals surface area contributed by atoms with Gasteiger partial charge in [-0.3, -0.25) is 9.59 Å². The highest BCUT2D eigenvalue weighted by molar-refractivity contribution is 6.32. The number of nitrogens with zero attached hydrogens (tertiary/aromatic N) is 1. The Morgan fingerprint density at radius 3 is 2.68 bits per heavy atom. The Kier molecular flexibility index (Phi) is 6.09. The van der Waals surface area contributed by atoms with Crippen LogP contribution in [0.1, 0.15) is 12.5 Å². The van der Waals surface area contributed by atoms with E-state index in [0.717, 1.165) is 5.56 Å². The first kappa shape index (κ1) is 15.2. The zero-order valence-corrected chi connectivity index (χ0v) is 11.7. The molecule has 1 aromatic carbocycles. The minimum Gasteiger partial charge on any atom is -0.465 e. The van der Waals surface area contributed by atoms with E-state index in [-0.39, 0.29) is 12.5 Å². The SMILES string of the molecule is CCOC(=O)CN(C)C(=O)/C=C/c1ccccc1Cl. The van der Waals surface area contributed by atoms with Crippen LogP contribution in [0.2, 0.25) is 5.02 Å². The summed E-state index contributed by atoms with van der Waals surface area (Å²) in [5.41, 5.74) is 0.752. The van der Waals surface area contributed by atoms with Crippen LogP contribution in [0.5, 0.6) is 0 Å². The summed E-state index contributed by atoms with van der Waals surface area (Å²) >= 11 is 5.96. The topological polar surface area (TPSA) is 46.6 Å². The zero-order chi connectivity index (χ0) is 14.3. The quantitative estimate of drug-likeness (QED) is 0.615. The van der Waals surface area contributed by atoms with Gasteiger partial charge in [0, 0.05) is 18.1 Å². The first-order valence-electron chi connectivity index (χ1n) is 5.88. The second-order valence-electron chi connectivity index (χ2n) is 3.85. The molecule has 0 saturated heterocycles. The zero-order valence-electron chi connectivity index (χ0n) is 10.9. The molecule has 0 N–H and O–H groups in total. The van der Waals surface area contributed by atoms with Gasteiger partial charge in [-0.05, 0) is 24.6 Å². The van der Waals surface area contributed by atoms with Crippen LogP contribution >= 0.6 is 11.6 Å². The Morgan fingerprint density at radius 1 is 1.37 bits per heavy atom. The fraction of sp³-hybridized carbons (Fsp3) is 0.286. The van der Waals surface area contributed by atoms with Crippen molar-refractivity contribution in [3.63, 3.8) is 0 Å². The lowest BCUT2D eigenvalue weighted by atomic mass is 10.2. The molecule has 102 valence electrons. The van der Waals surface area contributed by atoms with Gasteiger partial charge in [-0.2, -0.15) is 0 Å². The Hall–Kier alpha value is -1.81. The summed E-state index contributed by atoms with van der Waals surface area (Å²) in [7, 11) is 1.54. The molecule has 0 spiro atoms. The van der Waals surface area contributed by atoms with Gasteiger partial charge in [-0.1, -0.05) is 29.8 Å². The third-order valence-corrected chi connectivity index (χ3v) is 2.70. The van der Waals surface area contributed by atoms with Crippen molar-refractivity contribution >= 4 is 29.6 Å². The van der Waals surface area contributed by atoms with E-state index in [0.29, 0.717) is 11.6 Å². The van der Waals surface area contributed by atoms with Crippen LogP contribution in [0.25, 0.3) is 6.08 Å². The molecular formula is C14H16ClNO3.